The highest BCUT2D eigenvalue weighted by Gasteiger charge is 2.47. The van der Waals surface area contributed by atoms with Crippen LogP contribution in [0.15, 0.2) is 15.9 Å². The van der Waals surface area contributed by atoms with E-state index in [1.807, 2.05) is 0 Å². The van der Waals surface area contributed by atoms with Crippen LogP contribution in [-0.4, -0.2) is 5.78 Å². The number of ketones is 1. The van der Waals surface area contributed by atoms with Crippen molar-refractivity contribution < 1.29 is 4.79 Å². The van der Waals surface area contributed by atoms with E-state index in [-0.39, 0.29) is 5.41 Å². The third kappa shape index (κ3) is 1.72. The van der Waals surface area contributed by atoms with E-state index in [0.29, 0.717) is 5.78 Å². The lowest BCUT2D eigenvalue weighted by Crippen LogP contribution is -2.14. The summed E-state index contributed by atoms with van der Waals surface area (Å²) in [5.41, 5.74) is 0.00731. The van der Waals surface area contributed by atoms with Gasteiger partial charge >= 0.3 is 0 Å². The zero-order chi connectivity index (χ0) is 9.47. The molecule has 1 nitrogen and oxygen atoms in total. The summed E-state index contributed by atoms with van der Waals surface area (Å²) in [5, 5.41) is 2.07. The van der Waals surface area contributed by atoms with Gasteiger partial charge in [-0.1, -0.05) is 0 Å². The molecule has 1 aromatic rings. The Bertz CT molecular complexity index is 338. The van der Waals surface area contributed by atoms with Crippen LogP contribution in [0.5, 0.6) is 0 Å². The minimum absolute atomic E-state index is 0.00731. The summed E-state index contributed by atoms with van der Waals surface area (Å²) in [4.78, 5) is 12.7. The van der Waals surface area contributed by atoms with Crippen LogP contribution in [-0.2, 0) is 11.2 Å². The van der Waals surface area contributed by atoms with Crippen molar-refractivity contribution >= 4 is 33.0 Å². The van der Waals surface area contributed by atoms with Crippen LogP contribution in [0.1, 0.15) is 24.6 Å². The average molecular weight is 259 g/mol. The monoisotopic (exact) mass is 258 g/mol. The normalized spacial score (nSPS) is 18.6. The second kappa shape index (κ2) is 3.21. The maximum Gasteiger partial charge on any atom is 0.136 e. The van der Waals surface area contributed by atoms with Gasteiger partial charge in [0.2, 0.25) is 0 Å². The first-order valence-corrected chi connectivity index (χ1v) is 6.04. The molecule has 0 amide bonds. The fraction of sp³-hybridized carbons (Fsp3) is 0.500. The van der Waals surface area contributed by atoms with Crippen LogP contribution >= 0.6 is 27.3 Å². The number of hydrogen-bond acceptors (Lipinski definition) is 2. The van der Waals surface area contributed by atoms with Gasteiger partial charge in [-0.3, -0.25) is 4.79 Å². The summed E-state index contributed by atoms with van der Waals surface area (Å²) < 4.78 is 1.16. The maximum absolute atomic E-state index is 11.4. The Morgan fingerprint density at radius 3 is 2.77 bits per heavy atom. The highest BCUT2D eigenvalue weighted by molar-refractivity contribution is 9.10. The summed E-state index contributed by atoms with van der Waals surface area (Å²) in [6.45, 7) is 1.72. The van der Waals surface area contributed by atoms with Gasteiger partial charge in [0.1, 0.15) is 5.78 Å². The van der Waals surface area contributed by atoms with Crippen LogP contribution in [0, 0.1) is 5.41 Å². The van der Waals surface area contributed by atoms with E-state index in [0.717, 1.165) is 23.7 Å². The first-order chi connectivity index (χ1) is 6.14. The highest BCUT2D eigenvalue weighted by Crippen LogP contribution is 2.50. The van der Waals surface area contributed by atoms with Crippen molar-refractivity contribution in [2.24, 2.45) is 5.41 Å². The molecule has 1 saturated carbocycles. The summed E-state index contributed by atoms with van der Waals surface area (Å²) >= 11 is 5.23. The second-order valence-electron chi connectivity index (χ2n) is 3.71. The molecule has 0 aromatic carbocycles. The predicted molar refractivity (Wildman–Crippen MR) is 58.1 cm³/mol. The second-order valence-corrected chi connectivity index (χ2v) is 5.56. The van der Waals surface area contributed by atoms with E-state index in [9.17, 15) is 4.79 Å². The third-order valence-corrected chi connectivity index (χ3v) is 4.72. The molecule has 0 atom stereocenters. The lowest BCUT2D eigenvalue weighted by Gasteiger charge is -2.09. The molecular formula is C10H11BrOS. The zero-order valence-corrected chi connectivity index (χ0v) is 9.87. The maximum atomic E-state index is 11.4. The van der Waals surface area contributed by atoms with Gasteiger partial charge in [0.25, 0.3) is 0 Å². The Morgan fingerprint density at radius 1 is 1.69 bits per heavy atom. The molecule has 13 heavy (non-hydrogen) atoms. The summed E-state index contributed by atoms with van der Waals surface area (Å²) in [5.74, 6) is 0.354. The van der Waals surface area contributed by atoms with E-state index in [4.69, 9.17) is 0 Å². The molecule has 1 fully saturated rings. The van der Waals surface area contributed by atoms with Gasteiger partial charge in [-0.2, -0.15) is 0 Å². The molecule has 3 heteroatoms. The van der Waals surface area contributed by atoms with E-state index in [1.54, 1.807) is 18.3 Å². The van der Waals surface area contributed by atoms with Crippen molar-refractivity contribution in [2.75, 3.05) is 0 Å². The van der Waals surface area contributed by atoms with E-state index in [1.165, 1.54) is 4.88 Å². The Labute approximate surface area is 90.3 Å². The SMILES string of the molecule is CC(=O)C1(Cc2sccc2Br)CC1. The Balaban J connectivity index is 2.15. The minimum atomic E-state index is 0.00731. The molecule has 1 aliphatic carbocycles. The molecule has 0 radical (unpaired) electrons. The van der Waals surface area contributed by atoms with Gasteiger partial charge in [-0.15, -0.1) is 11.3 Å². The molecule has 70 valence electrons. The molecule has 0 saturated heterocycles. The highest BCUT2D eigenvalue weighted by atomic mass is 79.9. The molecular weight excluding hydrogens is 248 g/mol. The third-order valence-electron chi connectivity index (χ3n) is 2.79. The van der Waals surface area contributed by atoms with Gasteiger partial charge < -0.3 is 0 Å². The van der Waals surface area contributed by atoms with E-state index in [2.05, 4.69) is 27.4 Å². The minimum Gasteiger partial charge on any atom is -0.299 e. The standard InChI is InChI=1S/C10H11BrOS/c1-7(12)10(3-4-10)6-9-8(11)2-5-13-9/h2,5H,3-4,6H2,1H3. The van der Waals surface area contributed by atoms with Crippen LogP contribution < -0.4 is 0 Å². The molecule has 0 spiro atoms. The van der Waals surface area contributed by atoms with Gasteiger partial charge in [0.05, 0.1) is 0 Å². The number of hydrogen-bond donors (Lipinski definition) is 0. The Hall–Kier alpha value is -0.150. The number of rotatable bonds is 3. The fourth-order valence-corrected chi connectivity index (χ4v) is 3.20. The molecule has 1 heterocycles. The Kier molecular flexibility index (Phi) is 2.32. The Morgan fingerprint density at radius 2 is 2.38 bits per heavy atom. The van der Waals surface area contributed by atoms with Gasteiger partial charge in [-0.05, 0) is 53.6 Å². The average Bonchev–Trinajstić information content (AvgIpc) is 2.74. The first-order valence-electron chi connectivity index (χ1n) is 4.37. The largest absolute Gasteiger partial charge is 0.299 e. The molecule has 0 N–H and O–H groups in total. The van der Waals surface area contributed by atoms with Crippen LogP contribution in [0.2, 0.25) is 0 Å². The number of Topliss-reactive ketones (excluding diaryl/α,β-unsaturated/α-hetero) is 1. The number of halogens is 1. The lowest BCUT2D eigenvalue weighted by atomic mass is 9.97. The summed E-state index contributed by atoms with van der Waals surface area (Å²) in [6, 6.07) is 2.05. The lowest BCUT2D eigenvalue weighted by molar-refractivity contribution is -0.121. The van der Waals surface area contributed by atoms with Crippen LogP contribution in [0.25, 0.3) is 0 Å². The quantitative estimate of drug-likeness (QED) is 0.812. The number of thiophene rings is 1. The van der Waals surface area contributed by atoms with Crippen LogP contribution in [0.4, 0.5) is 0 Å². The summed E-state index contributed by atoms with van der Waals surface area (Å²) in [6.07, 6.45) is 3.08. The van der Waals surface area contributed by atoms with Crippen LogP contribution in [0.3, 0.4) is 0 Å². The molecule has 0 aliphatic heterocycles. The molecule has 0 bridgehead atoms. The van der Waals surface area contributed by atoms with Crippen molar-refractivity contribution in [2.45, 2.75) is 26.2 Å². The smallest absolute Gasteiger partial charge is 0.136 e. The van der Waals surface area contributed by atoms with Crippen molar-refractivity contribution in [3.63, 3.8) is 0 Å². The fourth-order valence-electron chi connectivity index (χ4n) is 1.56. The van der Waals surface area contributed by atoms with Crippen molar-refractivity contribution in [3.8, 4) is 0 Å². The van der Waals surface area contributed by atoms with Gasteiger partial charge in [0, 0.05) is 14.8 Å². The van der Waals surface area contributed by atoms with E-state index < -0.39 is 0 Å². The van der Waals surface area contributed by atoms with Gasteiger partial charge in [0.15, 0.2) is 0 Å². The first kappa shape index (κ1) is 9.41. The molecule has 1 aliphatic rings. The van der Waals surface area contributed by atoms with E-state index >= 15 is 0 Å². The van der Waals surface area contributed by atoms with Crippen molar-refractivity contribution in [1.82, 2.24) is 0 Å². The van der Waals surface area contributed by atoms with Crippen molar-refractivity contribution in [1.29, 1.82) is 0 Å². The predicted octanol–water partition coefficient (Wildman–Crippen LogP) is 3.42. The zero-order valence-electron chi connectivity index (χ0n) is 7.47. The summed E-state index contributed by atoms with van der Waals surface area (Å²) in [7, 11) is 0. The van der Waals surface area contributed by atoms with Crippen molar-refractivity contribution in [3.05, 3.63) is 20.8 Å². The molecule has 2 rings (SSSR count). The number of carbonyl (C=O) groups excluding carboxylic acids is 1. The molecule has 0 unspecified atom stereocenters. The topological polar surface area (TPSA) is 17.1 Å². The molecule has 1 aromatic heterocycles. The number of carbonyl (C=O) groups is 1. The van der Waals surface area contributed by atoms with Gasteiger partial charge in [-0.25, -0.2) is 0 Å².